The fourth-order valence-electron chi connectivity index (χ4n) is 2.03. The first-order valence-corrected chi connectivity index (χ1v) is 6.62. The quantitative estimate of drug-likeness (QED) is 0.929. The Labute approximate surface area is 117 Å². The molecule has 1 aromatic carbocycles. The summed E-state index contributed by atoms with van der Waals surface area (Å²) in [6.45, 7) is 3.64. The highest BCUT2D eigenvalue weighted by atomic mass is 16.3. The van der Waals surface area contributed by atoms with E-state index in [1.165, 1.54) is 6.07 Å². The Morgan fingerprint density at radius 2 is 1.95 bits per heavy atom. The molecular weight excluding hydrogens is 254 g/mol. The predicted octanol–water partition coefficient (Wildman–Crippen LogP) is 3.15. The second-order valence-corrected chi connectivity index (χ2v) is 4.58. The van der Waals surface area contributed by atoms with Crippen molar-refractivity contribution in [1.82, 2.24) is 0 Å². The SMILES string of the molecule is CCCc1cc(=O)c(C(=O)Nc2ccccc2)c(C)o1. The van der Waals surface area contributed by atoms with Crippen LogP contribution in [0, 0.1) is 6.92 Å². The molecule has 2 rings (SSSR count). The number of amides is 1. The molecule has 1 aromatic heterocycles. The van der Waals surface area contributed by atoms with Crippen LogP contribution in [-0.2, 0) is 6.42 Å². The summed E-state index contributed by atoms with van der Waals surface area (Å²) in [6, 6.07) is 10.4. The van der Waals surface area contributed by atoms with Crippen molar-refractivity contribution >= 4 is 11.6 Å². The second-order valence-electron chi connectivity index (χ2n) is 4.58. The van der Waals surface area contributed by atoms with Gasteiger partial charge in [-0.3, -0.25) is 9.59 Å². The van der Waals surface area contributed by atoms with Gasteiger partial charge >= 0.3 is 0 Å². The molecule has 4 heteroatoms. The van der Waals surface area contributed by atoms with E-state index in [0.29, 0.717) is 23.6 Å². The Balaban J connectivity index is 2.29. The van der Waals surface area contributed by atoms with Crippen LogP contribution in [0.2, 0.25) is 0 Å². The van der Waals surface area contributed by atoms with E-state index in [4.69, 9.17) is 4.42 Å². The molecule has 4 nitrogen and oxygen atoms in total. The van der Waals surface area contributed by atoms with Crippen molar-refractivity contribution in [3.05, 3.63) is 63.7 Å². The Kier molecular flexibility index (Phi) is 4.35. The first-order valence-electron chi connectivity index (χ1n) is 6.62. The maximum Gasteiger partial charge on any atom is 0.263 e. The Bertz CT molecular complexity index is 659. The second kappa shape index (κ2) is 6.19. The molecule has 0 radical (unpaired) electrons. The predicted molar refractivity (Wildman–Crippen MR) is 78.1 cm³/mol. The Hall–Kier alpha value is -2.36. The molecule has 0 aliphatic carbocycles. The van der Waals surface area contributed by atoms with Gasteiger partial charge in [-0.15, -0.1) is 0 Å². The van der Waals surface area contributed by atoms with Gasteiger partial charge in [-0.05, 0) is 25.5 Å². The van der Waals surface area contributed by atoms with E-state index < -0.39 is 5.91 Å². The van der Waals surface area contributed by atoms with Crippen molar-refractivity contribution in [3.63, 3.8) is 0 Å². The number of hydrogen-bond acceptors (Lipinski definition) is 3. The topological polar surface area (TPSA) is 59.3 Å². The van der Waals surface area contributed by atoms with Gasteiger partial charge in [-0.1, -0.05) is 25.1 Å². The van der Waals surface area contributed by atoms with Crippen LogP contribution < -0.4 is 10.7 Å². The maximum absolute atomic E-state index is 12.2. The number of para-hydroxylation sites is 1. The van der Waals surface area contributed by atoms with Crippen molar-refractivity contribution in [2.75, 3.05) is 5.32 Å². The molecule has 0 aliphatic heterocycles. The zero-order chi connectivity index (χ0) is 14.5. The third-order valence-electron chi connectivity index (χ3n) is 2.93. The van der Waals surface area contributed by atoms with Gasteiger partial charge in [0.2, 0.25) is 0 Å². The van der Waals surface area contributed by atoms with Crippen molar-refractivity contribution in [1.29, 1.82) is 0 Å². The largest absolute Gasteiger partial charge is 0.465 e. The molecule has 1 heterocycles. The molecule has 0 atom stereocenters. The molecule has 1 amide bonds. The standard InChI is InChI=1S/C16H17NO3/c1-3-7-13-10-14(18)15(11(2)20-13)16(19)17-12-8-5-4-6-9-12/h4-6,8-10H,3,7H2,1-2H3,(H,17,19). The van der Waals surface area contributed by atoms with Gasteiger partial charge in [0, 0.05) is 18.2 Å². The molecule has 20 heavy (non-hydrogen) atoms. The minimum absolute atomic E-state index is 0.0636. The zero-order valence-corrected chi connectivity index (χ0v) is 11.6. The summed E-state index contributed by atoms with van der Waals surface area (Å²) in [5, 5.41) is 2.69. The molecule has 0 unspecified atom stereocenters. The van der Waals surface area contributed by atoms with Gasteiger partial charge in [-0.2, -0.15) is 0 Å². The highest BCUT2D eigenvalue weighted by Gasteiger charge is 2.16. The van der Waals surface area contributed by atoms with E-state index in [0.717, 1.165) is 6.42 Å². The lowest BCUT2D eigenvalue weighted by Crippen LogP contribution is -2.23. The minimum Gasteiger partial charge on any atom is -0.465 e. The van der Waals surface area contributed by atoms with Crippen LogP contribution in [0.4, 0.5) is 5.69 Å². The molecular formula is C16H17NO3. The molecule has 0 fully saturated rings. The molecule has 1 N–H and O–H groups in total. The van der Waals surface area contributed by atoms with Crippen molar-refractivity contribution < 1.29 is 9.21 Å². The molecule has 2 aromatic rings. The van der Waals surface area contributed by atoms with Crippen LogP contribution in [0.25, 0.3) is 0 Å². The van der Waals surface area contributed by atoms with Gasteiger partial charge < -0.3 is 9.73 Å². The Morgan fingerprint density at radius 3 is 2.55 bits per heavy atom. The molecule has 0 saturated carbocycles. The first-order chi connectivity index (χ1) is 9.61. The summed E-state index contributed by atoms with van der Waals surface area (Å²) in [5.74, 6) is 0.533. The van der Waals surface area contributed by atoms with Crippen LogP contribution in [0.3, 0.4) is 0 Å². The van der Waals surface area contributed by atoms with Gasteiger partial charge in [0.25, 0.3) is 5.91 Å². The lowest BCUT2D eigenvalue weighted by molar-refractivity contribution is 0.102. The number of nitrogens with one attached hydrogen (secondary N) is 1. The lowest BCUT2D eigenvalue weighted by Gasteiger charge is -2.07. The van der Waals surface area contributed by atoms with Crippen LogP contribution in [0.5, 0.6) is 0 Å². The average molecular weight is 271 g/mol. The molecule has 0 bridgehead atoms. The highest BCUT2D eigenvalue weighted by molar-refractivity contribution is 6.04. The zero-order valence-electron chi connectivity index (χ0n) is 11.6. The van der Waals surface area contributed by atoms with Crippen LogP contribution in [-0.4, -0.2) is 5.91 Å². The number of carbonyl (C=O) groups is 1. The monoisotopic (exact) mass is 271 g/mol. The summed E-state index contributed by atoms with van der Waals surface area (Å²) < 4.78 is 5.53. The first kappa shape index (κ1) is 14.1. The third kappa shape index (κ3) is 3.15. The van der Waals surface area contributed by atoms with E-state index in [1.54, 1.807) is 19.1 Å². The summed E-state index contributed by atoms with van der Waals surface area (Å²) in [7, 11) is 0. The van der Waals surface area contributed by atoms with Crippen LogP contribution in [0.15, 0.2) is 45.6 Å². The lowest BCUT2D eigenvalue weighted by atomic mass is 10.1. The average Bonchev–Trinajstić information content (AvgIpc) is 2.39. The fourth-order valence-corrected chi connectivity index (χ4v) is 2.03. The fraction of sp³-hybridized carbons (Fsp3) is 0.250. The number of aryl methyl sites for hydroxylation is 2. The summed E-state index contributed by atoms with van der Waals surface area (Å²) in [5.41, 5.74) is 0.410. The van der Waals surface area contributed by atoms with Crippen LogP contribution in [0.1, 0.15) is 35.2 Å². The summed E-state index contributed by atoms with van der Waals surface area (Å²) in [4.78, 5) is 24.2. The van der Waals surface area contributed by atoms with Crippen molar-refractivity contribution in [2.45, 2.75) is 26.7 Å². The number of hydrogen-bond donors (Lipinski definition) is 1. The number of rotatable bonds is 4. The van der Waals surface area contributed by atoms with Gasteiger partial charge in [0.15, 0.2) is 5.43 Å². The third-order valence-corrected chi connectivity index (χ3v) is 2.93. The molecule has 104 valence electrons. The normalized spacial score (nSPS) is 10.3. The van der Waals surface area contributed by atoms with E-state index in [1.807, 2.05) is 25.1 Å². The highest BCUT2D eigenvalue weighted by Crippen LogP contribution is 2.12. The van der Waals surface area contributed by atoms with E-state index in [-0.39, 0.29) is 11.0 Å². The van der Waals surface area contributed by atoms with Gasteiger partial charge in [0.1, 0.15) is 17.1 Å². The molecule has 0 spiro atoms. The van der Waals surface area contributed by atoms with Crippen molar-refractivity contribution in [2.24, 2.45) is 0 Å². The van der Waals surface area contributed by atoms with E-state index in [9.17, 15) is 9.59 Å². The molecule has 0 aliphatic rings. The van der Waals surface area contributed by atoms with Crippen molar-refractivity contribution in [3.8, 4) is 0 Å². The maximum atomic E-state index is 12.2. The smallest absolute Gasteiger partial charge is 0.263 e. The van der Waals surface area contributed by atoms with Crippen LogP contribution >= 0.6 is 0 Å². The number of anilines is 1. The molecule has 0 saturated heterocycles. The summed E-state index contributed by atoms with van der Waals surface area (Å²) in [6.07, 6.45) is 1.58. The van der Waals surface area contributed by atoms with Gasteiger partial charge in [0.05, 0.1) is 0 Å². The minimum atomic E-state index is -0.439. The number of carbonyl (C=O) groups excluding carboxylic acids is 1. The van der Waals surface area contributed by atoms with Gasteiger partial charge in [-0.25, -0.2) is 0 Å². The van der Waals surface area contributed by atoms with E-state index >= 15 is 0 Å². The van der Waals surface area contributed by atoms with E-state index in [2.05, 4.69) is 5.32 Å². The Morgan fingerprint density at radius 1 is 1.25 bits per heavy atom. The summed E-state index contributed by atoms with van der Waals surface area (Å²) >= 11 is 0. The number of benzene rings is 1.